The van der Waals surface area contributed by atoms with Crippen LogP contribution in [0.3, 0.4) is 0 Å². The highest BCUT2D eigenvalue weighted by Gasteiger charge is 2.25. The summed E-state index contributed by atoms with van der Waals surface area (Å²) >= 11 is 0. The number of nitrogens with two attached hydrogens (primary N) is 1. The molecule has 0 spiro atoms. The first-order valence-electron chi connectivity index (χ1n) is 6.59. The zero-order valence-corrected chi connectivity index (χ0v) is 11.0. The van der Waals surface area contributed by atoms with Gasteiger partial charge >= 0.3 is 0 Å². The third-order valence-corrected chi connectivity index (χ3v) is 4.01. The largest absolute Gasteiger partial charge is 0.367 e. The van der Waals surface area contributed by atoms with Crippen LogP contribution in [0.2, 0.25) is 0 Å². The molecule has 0 saturated heterocycles. The highest BCUT2D eigenvalue weighted by Crippen LogP contribution is 2.31. The Morgan fingerprint density at radius 1 is 1.39 bits per heavy atom. The van der Waals surface area contributed by atoms with Crippen molar-refractivity contribution < 1.29 is 4.79 Å². The maximum atomic E-state index is 11.3. The van der Waals surface area contributed by atoms with Crippen molar-refractivity contribution in [3.8, 4) is 0 Å². The van der Waals surface area contributed by atoms with Crippen molar-refractivity contribution in [2.24, 2.45) is 17.6 Å². The summed E-state index contributed by atoms with van der Waals surface area (Å²) in [5.74, 6) is 1.68. The van der Waals surface area contributed by atoms with Crippen LogP contribution in [-0.4, -0.2) is 16.9 Å². The van der Waals surface area contributed by atoms with Crippen LogP contribution < -0.4 is 11.1 Å². The first-order chi connectivity index (χ1) is 8.58. The number of hydrogen-bond acceptors (Lipinski definition) is 3. The Kier molecular flexibility index (Phi) is 3.84. The van der Waals surface area contributed by atoms with Crippen LogP contribution in [0.4, 0.5) is 5.82 Å². The van der Waals surface area contributed by atoms with Crippen molar-refractivity contribution in [1.29, 1.82) is 0 Å². The monoisotopic (exact) mass is 247 g/mol. The van der Waals surface area contributed by atoms with Crippen LogP contribution in [0.5, 0.6) is 0 Å². The number of carbonyl (C=O) groups is 1. The summed E-state index contributed by atoms with van der Waals surface area (Å²) < 4.78 is 0. The van der Waals surface area contributed by atoms with Gasteiger partial charge in [0.1, 0.15) is 5.82 Å². The lowest BCUT2D eigenvalue weighted by Gasteiger charge is -2.33. The Labute approximate surface area is 108 Å². The molecule has 4 heteroatoms. The van der Waals surface area contributed by atoms with E-state index < -0.39 is 5.91 Å². The van der Waals surface area contributed by atoms with Gasteiger partial charge in [-0.3, -0.25) is 4.79 Å². The van der Waals surface area contributed by atoms with Gasteiger partial charge in [-0.2, -0.15) is 0 Å². The molecule has 1 fully saturated rings. The van der Waals surface area contributed by atoms with Crippen LogP contribution in [0.15, 0.2) is 18.3 Å². The molecule has 0 bridgehead atoms. The molecule has 0 radical (unpaired) electrons. The molecule has 1 heterocycles. The summed E-state index contributed by atoms with van der Waals surface area (Å²) in [6.07, 6.45) is 5.15. The van der Waals surface area contributed by atoms with Crippen molar-refractivity contribution in [2.45, 2.75) is 39.2 Å². The van der Waals surface area contributed by atoms with Gasteiger partial charge in [-0.25, -0.2) is 4.98 Å². The van der Waals surface area contributed by atoms with Crippen molar-refractivity contribution >= 4 is 11.7 Å². The van der Waals surface area contributed by atoms with E-state index in [-0.39, 0.29) is 0 Å². The van der Waals surface area contributed by atoms with Crippen LogP contribution in [0.25, 0.3) is 0 Å². The summed E-state index contributed by atoms with van der Waals surface area (Å²) in [6, 6.07) is 3.84. The first kappa shape index (κ1) is 12.9. The van der Waals surface area contributed by atoms with Crippen LogP contribution in [0, 0.1) is 11.8 Å². The highest BCUT2D eigenvalue weighted by molar-refractivity contribution is 5.97. The number of aromatic nitrogens is 1. The molecule has 1 saturated carbocycles. The zero-order valence-electron chi connectivity index (χ0n) is 11.0. The molecular formula is C14H21N3O. The molecule has 98 valence electrons. The molecule has 1 amide bonds. The molecule has 1 aromatic heterocycles. The Bertz CT molecular complexity index is 433. The molecule has 1 aliphatic carbocycles. The fourth-order valence-electron chi connectivity index (χ4n) is 2.59. The van der Waals surface area contributed by atoms with E-state index in [0.717, 1.165) is 18.8 Å². The number of pyridine rings is 1. The Hall–Kier alpha value is -1.58. The minimum Gasteiger partial charge on any atom is -0.367 e. The minimum atomic E-state index is -0.428. The molecule has 3 N–H and O–H groups in total. The van der Waals surface area contributed by atoms with Crippen LogP contribution >= 0.6 is 0 Å². The number of nitrogens with zero attached hydrogens (tertiary/aromatic N) is 1. The van der Waals surface area contributed by atoms with E-state index in [4.69, 9.17) is 5.73 Å². The Morgan fingerprint density at radius 2 is 2.17 bits per heavy atom. The van der Waals surface area contributed by atoms with Gasteiger partial charge in [0.15, 0.2) is 0 Å². The second-order valence-electron chi connectivity index (χ2n) is 5.37. The molecule has 2 rings (SSSR count). The lowest BCUT2D eigenvalue weighted by Crippen LogP contribution is -2.31. The normalized spacial score (nSPS) is 27.8. The molecule has 0 aliphatic heterocycles. The van der Waals surface area contributed by atoms with E-state index in [1.165, 1.54) is 6.42 Å². The van der Waals surface area contributed by atoms with Crippen molar-refractivity contribution in [3.05, 3.63) is 23.9 Å². The SMILES string of the molecule is CC1CCC(Nc2ncccc2C(N)=O)CC1C. The lowest BCUT2D eigenvalue weighted by atomic mass is 9.79. The van der Waals surface area contributed by atoms with Gasteiger partial charge in [0, 0.05) is 12.2 Å². The number of nitrogens with one attached hydrogen (secondary N) is 1. The van der Waals surface area contributed by atoms with Crippen LogP contribution in [0.1, 0.15) is 43.5 Å². The molecule has 1 aliphatic rings. The molecule has 3 atom stereocenters. The third-order valence-electron chi connectivity index (χ3n) is 4.01. The molecular weight excluding hydrogens is 226 g/mol. The fourth-order valence-corrected chi connectivity index (χ4v) is 2.59. The predicted molar refractivity (Wildman–Crippen MR) is 72.3 cm³/mol. The third kappa shape index (κ3) is 2.81. The highest BCUT2D eigenvalue weighted by atomic mass is 16.1. The van der Waals surface area contributed by atoms with Gasteiger partial charge in [-0.15, -0.1) is 0 Å². The van der Waals surface area contributed by atoms with E-state index >= 15 is 0 Å². The second kappa shape index (κ2) is 5.38. The Balaban J connectivity index is 2.08. The topological polar surface area (TPSA) is 68.0 Å². The summed E-state index contributed by atoms with van der Waals surface area (Å²) in [5.41, 5.74) is 5.83. The summed E-state index contributed by atoms with van der Waals surface area (Å²) in [6.45, 7) is 4.59. The van der Waals surface area contributed by atoms with Gasteiger partial charge in [0.2, 0.25) is 0 Å². The summed E-state index contributed by atoms with van der Waals surface area (Å²) in [7, 11) is 0. The van der Waals surface area contributed by atoms with Gasteiger partial charge in [0.25, 0.3) is 5.91 Å². The molecule has 3 unspecified atom stereocenters. The zero-order chi connectivity index (χ0) is 13.1. The van der Waals surface area contributed by atoms with Crippen molar-refractivity contribution in [2.75, 3.05) is 5.32 Å². The number of amides is 1. The Morgan fingerprint density at radius 3 is 2.83 bits per heavy atom. The van der Waals surface area contributed by atoms with Gasteiger partial charge in [-0.05, 0) is 43.2 Å². The number of primary amides is 1. The number of rotatable bonds is 3. The standard InChI is InChI=1S/C14H21N3O/c1-9-5-6-11(8-10(9)2)17-14-12(13(15)18)4-3-7-16-14/h3-4,7,9-11H,5-6,8H2,1-2H3,(H2,15,18)(H,16,17). The average molecular weight is 247 g/mol. The lowest BCUT2D eigenvalue weighted by molar-refractivity contribution is 0.100. The molecule has 18 heavy (non-hydrogen) atoms. The van der Waals surface area contributed by atoms with E-state index in [2.05, 4.69) is 24.1 Å². The predicted octanol–water partition coefficient (Wildman–Crippen LogP) is 2.42. The second-order valence-corrected chi connectivity index (χ2v) is 5.37. The maximum absolute atomic E-state index is 11.3. The van der Waals surface area contributed by atoms with Crippen LogP contribution in [-0.2, 0) is 0 Å². The fraction of sp³-hybridized carbons (Fsp3) is 0.571. The van der Waals surface area contributed by atoms with E-state index in [1.807, 2.05) is 0 Å². The molecule has 4 nitrogen and oxygen atoms in total. The quantitative estimate of drug-likeness (QED) is 0.862. The summed E-state index contributed by atoms with van der Waals surface area (Å²) in [4.78, 5) is 15.5. The van der Waals surface area contributed by atoms with E-state index in [0.29, 0.717) is 23.3 Å². The minimum absolute atomic E-state index is 0.393. The van der Waals surface area contributed by atoms with Crippen molar-refractivity contribution in [1.82, 2.24) is 4.98 Å². The van der Waals surface area contributed by atoms with Gasteiger partial charge in [-0.1, -0.05) is 13.8 Å². The smallest absolute Gasteiger partial charge is 0.252 e. The molecule has 0 aromatic carbocycles. The molecule has 1 aromatic rings. The summed E-state index contributed by atoms with van der Waals surface area (Å²) in [5, 5.41) is 3.37. The average Bonchev–Trinajstić information content (AvgIpc) is 2.34. The van der Waals surface area contributed by atoms with Crippen molar-refractivity contribution in [3.63, 3.8) is 0 Å². The number of anilines is 1. The van der Waals surface area contributed by atoms with Gasteiger partial charge < -0.3 is 11.1 Å². The van der Waals surface area contributed by atoms with Gasteiger partial charge in [0.05, 0.1) is 5.56 Å². The maximum Gasteiger partial charge on any atom is 0.252 e. The van der Waals surface area contributed by atoms with E-state index in [1.54, 1.807) is 18.3 Å². The number of carbonyl (C=O) groups excluding carboxylic acids is 1. The first-order valence-corrected chi connectivity index (χ1v) is 6.59. The van der Waals surface area contributed by atoms with E-state index in [9.17, 15) is 4.79 Å². The number of hydrogen-bond donors (Lipinski definition) is 2.